The lowest BCUT2D eigenvalue weighted by atomic mass is 10.0. The third-order valence-electron chi connectivity index (χ3n) is 6.72. The molecule has 0 spiro atoms. The summed E-state index contributed by atoms with van der Waals surface area (Å²) >= 11 is 0. The number of aromatic amines is 2. The minimum atomic E-state index is -0.414. The molecule has 10 heteroatoms. The largest absolute Gasteiger partial charge is 0.355 e. The normalized spacial score (nSPS) is 13.9. The van der Waals surface area contributed by atoms with Crippen molar-refractivity contribution in [2.24, 2.45) is 0 Å². The Morgan fingerprint density at radius 3 is 2.84 bits per heavy atom. The summed E-state index contributed by atoms with van der Waals surface area (Å²) in [5.74, 6) is 0.948. The molecule has 37 heavy (non-hydrogen) atoms. The van der Waals surface area contributed by atoms with E-state index in [1.807, 2.05) is 13.0 Å². The predicted octanol–water partition coefficient (Wildman–Crippen LogP) is 5.43. The number of hydrogen-bond donors (Lipinski definition) is 3. The Morgan fingerprint density at radius 2 is 2.00 bits per heavy atom. The van der Waals surface area contributed by atoms with Gasteiger partial charge >= 0.3 is 0 Å². The first-order chi connectivity index (χ1) is 18.1. The summed E-state index contributed by atoms with van der Waals surface area (Å²) < 4.78 is 15.2. The van der Waals surface area contributed by atoms with E-state index in [0.29, 0.717) is 40.3 Å². The molecule has 9 nitrogen and oxygen atoms in total. The molecule has 5 heterocycles. The van der Waals surface area contributed by atoms with Gasteiger partial charge in [0.2, 0.25) is 5.91 Å². The highest BCUT2D eigenvalue weighted by Gasteiger charge is 2.20. The number of benzene rings is 1. The van der Waals surface area contributed by atoms with E-state index in [1.54, 1.807) is 30.7 Å². The number of nitrogens with zero attached hydrogens (tertiary/aromatic N) is 5. The molecule has 0 saturated carbocycles. The quantitative estimate of drug-likeness (QED) is 0.287. The molecule has 0 unspecified atom stereocenters. The van der Waals surface area contributed by atoms with Gasteiger partial charge < -0.3 is 15.2 Å². The number of nitrogens with one attached hydrogen (secondary N) is 3. The van der Waals surface area contributed by atoms with Gasteiger partial charge in [-0.25, -0.2) is 14.4 Å². The minimum absolute atomic E-state index is 0.0993. The number of H-pyrrole nitrogens is 2. The summed E-state index contributed by atoms with van der Waals surface area (Å²) in [7, 11) is 0. The fourth-order valence-electron chi connectivity index (χ4n) is 4.92. The summed E-state index contributed by atoms with van der Waals surface area (Å²) in [5, 5.41) is 10.9. The number of amides is 1. The first-order valence-corrected chi connectivity index (χ1v) is 12.6. The molecule has 1 aliphatic heterocycles. The van der Waals surface area contributed by atoms with Crippen LogP contribution in [0.5, 0.6) is 0 Å². The van der Waals surface area contributed by atoms with E-state index in [0.717, 1.165) is 54.6 Å². The number of halogens is 1. The van der Waals surface area contributed by atoms with Gasteiger partial charge in [-0.3, -0.25) is 14.9 Å². The Hall–Kier alpha value is -4.34. The van der Waals surface area contributed by atoms with Crippen LogP contribution in [0.3, 0.4) is 0 Å². The van der Waals surface area contributed by atoms with Crippen molar-refractivity contribution >= 4 is 39.3 Å². The van der Waals surface area contributed by atoms with Gasteiger partial charge in [0.1, 0.15) is 17.0 Å². The number of rotatable bonds is 6. The Morgan fingerprint density at radius 1 is 1.14 bits per heavy atom. The number of pyridine rings is 2. The van der Waals surface area contributed by atoms with Crippen LogP contribution in [0.2, 0.25) is 0 Å². The lowest BCUT2D eigenvalue weighted by molar-refractivity contribution is -0.116. The van der Waals surface area contributed by atoms with Crippen LogP contribution in [0.1, 0.15) is 39.0 Å². The van der Waals surface area contributed by atoms with Gasteiger partial charge in [-0.15, -0.1) is 0 Å². The molecule has 1 amide bonds. The smallest absolute Gasteiger partial charge is 0.224 e. The Kier molecular flexibility index (Phi) is 5.99. The highest BCUT2D eigenvalue weighted by Crippen LogP contribution is 2.34. The van der Waals surface area contributed by atoms with E-state index in [2.05, 4.69) is 35.4 Å². The average molecular weight is 499 g/mol. The van der Waals surface area contributed by atoms with Gasteiger partial charge in [-0.2, -0.15) is 5.10 Å². The molecular formula is C27H27FN8O. The summed E-state index contributed by atoms with van der Waals surface area (Å²) in [6.07, 6.45) is 9.61. The second-order valence-corrected chi connectivity index (χ2v) is 9.37. The summed E-state index contributed by atoms with van der Waals surface area (Å²) in [6.45, 7) is 3.87. The number of aromatic nitrogens is 6. The maximum atomic E-state index is 15.2. The first-order valence-electron chi connectivity index (χ1n) is 12.6. The van der Waals surface area contributed by atoms with E-state index in [9.17, 15) is 4.79 Å². The standard InChI is InChI=1S/C27H27FN8O/c1-2-6-23(37)31-17-11-16(14-29-15-17)18-12-19-22(13-20(18)28)34-35-24(19)26-32-21-7-8-30-27(25(21)33-26)36-9-4-3-5-10-36/h7-8,11-15H,2-6,9-10H2,1H3,(H,31,37)(H,32,33)(H,34,35). The van der Waals surface area contributed by atoms with Crippen LogP contribution in [-0.2, 0) is 4.79 Å². The molecule has 3 N–H and O–H groups in total. The molecule has 0 bridgehead atoms. The molecule has 188 valence electrons. The molecule has 0 aliphatic carbocycles. The monoisotopic (exact) mass is 498 g/mol. The second kappa shape index (κ2) is 9.61. The van der Waals surface area contributed by atoms with Crippen molar-refractivity contribution in [3.8, 4) is 22.6 Å². The summed E-state index contributed by atoms with van der Waals surface area (Å²) in [4.78, 5) is 31.4. The van der Waals surface area contributed by atoms with Crippen LogP contribution >= 0.6 is 0 Å². The molecule has 5 aromatic rings. The highest BCUT2D eigenvalue weighted by molar-refractivity contribution is 5.97. The van der Waals surface area contributed by atoms with Crippen molar-refractivity contribution in [2.75, 3.05) is 23.3 Å². The van der Waals surface area contributed by atoms with Gasteiger partial charge in [0.15, 0.2) is 11.6 Å². The minimum Gasteiger partial charge on any atom is -0.355 e. The highest BCUT2D eigenvalue weighted by atomic mass is 19.1. The average Bonchev–Trinajstić information content (AvgIpc) is 3.52. The zero-order chi connectivity index (χ0) is 25.4. The van der Waals surface area contributed by atoms with E-state index < -0.39 is 5.82 Å². The Balaban J connectivity index is 1.40. The zero-order valence-corrected chi connectivity index (χ0v) is 20.5. The zero-order valence-electron chi connectivity index (χ0n) is 20.5. The van der Waals surface area contributed by atoms with Crippen molar-refractivity contribution in [1.82, 2.24) is 30.1 Å². The number of piperidine rings is 1. The molecule has 0 atom stereocenters. The van der Waals surface area contributed by atoms with Crippen LogP contribution in [0.4, 0.5) is 15.9 Å². The third-order valence-corrected chi connectivity index (χ3v) is 6.72. The Labute approximate surface area is 212 Å². The lowest BCUT2D eigenvalue weighted by Gasteiger charge is -2.27. The fourth-order valence-corrected chi connectivity index (χ4v) is 4.92. The van der Waals surface area contributed by atoms with Gasteiger partial charge in [0, 0.05) is 54.5 Å². The number of imidazole rings is 1. The molecule has 4 aromatic heterocycles. The number of carbonyl (C=O) groups is 1. The second-order valence-electron chi connectivity index (χ2n) is 9.37. The van der Waals surface area contributed by atoms with E-state index >= 15 is 4.39 Å². The van der Waals surface area contributed by atoms with Crippen LogP contribution in [0.25, 0.3) is 44.6 Å². The van der Waals surface area contributed by atoms with Crippen molar-refractivity contribution in [3.63, 3.8) is 0 Å². The van der Waals surface area contributed by atoms with Gasteiger partial charge in [0.05, 0.1) is 22.9 Å². The van der Waals surface area contributed by atoms with Crippen LogP contribution < -0.4 is 10.2 Å². The van der Waals surface area contributed by atoms with Crippen molar-refractivity contribution in [2.45, 2.75) is 39.0 Å². The number of carbonyl (C=O) groups excluding carboxylic acids is 1. The van der Waals surface area contributed by atoms with Gasteiger partial charge in [-0.05, 0) is 43.9 Å². The first kappa shape index (κ1) is 23.1. The lowest BCUT2D eigenvalue weighted by Crippen LogP contribution is -2.30. The maximum Gasteiger partial charge on any atom is 0.224 e. The predicted molar refractivity (Wildman–Crippen MR) is 142 cm³/mol. The van der Waals surface area contributed by atoms with Crippen LogP contribution in [0, 0.1) is 5.82 Å². The van der Waals surface area contributed by atoms with Crippen molar-refractivity contribution in [1.29, 1.82) is 0 Å². The van der Waals surface area contributed by atoms with Crippen molar-refractivity contribution in [3.05, 3.63) is 48.7 Å². The van der Waals surface area contributed by atoms with E-state index in [-0.39, 0.29) is 5.91 Å². The van der Waals surface area contributed by atoms with Crippen LogP contribution in [0.15, 0.2) is 42.9 Å². The topological polar surface area (TPSA) is 115 Å². The third kappa shape index (κ3) is 4.39. The van der Waals surface area contributed by atoms with Gasteiger partial charge in [0.25, 0.3) is 0 Å². The molecule has 0 radical (unpaired) electrons. The molecular weight excluding hydrogens is 471 g/mol. The maximum absolute atomic E-state index is 15.2. The number of fused-ring (bicyclic) bond motifs is 2. The molecule has 1 saturated heterocycles. The number of hydrogen-bond acceptors (Lipinski definition) is 6. The summed E-state index contributed by atoms with van der Waals surface area (Å²) in [6, 6.07) is 6.80. The molecule has 1 fully saturated rings. The Bertz CT molecular complexity index is 1600. The van der Waals surface area contributed by atoms with Gasteiger partial charge in [-0.1, -0.05) is 6.92 Å². The number of anilines is 2. The summed E-state index contributed by atoms with van der Waals surface area (Å²) in [5.41, 5.74) is 4.28. The van der Waals surface area contributed by atoms with Crippen LogP contribution in [-0.4, -0.2) is 49.1 Å². The van der Waals surface area contributed by atoms with E-state index in [4.69, 9.17) is 4.98 Å². The molecule has 1 aliphatic rings. The van der Waals surface area contributed by atoms with E-state index in [1.165, 1.54) is 12.5 Å². The molecule has 6 rings (SSSR count). The SMILES string of the molecule is CCCC(=O)Nc1cncc(-c2cc3c(-c4nc5c(N6CCCCC6)nccc5[nH]4)n[nH]c3cc2F)c1. The fraction of sp³-hybridized carbons (Fsp3) is 0.296. The van der Waals surface area contributed by atoms with Crippen molar-refractivity contribution < 1.29 is 9.18 Å². The molecule has 1 aromatic carbocycles.